The highest BCUT2D eigenvalue weighted by Crippen LogP contribution is 2.38. The molecule has 0 aliphatic carbocycles. The van der Waals surface area contributed by atoms with Crippen LogP contribution in [-0.2, 0) is 13.0 Å². The lowest BCUT2D eigenvalue weighted by Crippen LogP contribution is -2.25. The Morgan fingerprint density at radius 2 is 1.83 bits per heavy atom. The molecule has 0 saturated heterocycles. The highest BCUT2D eigenvalue weighted by atomic mass is 16.5. The molecule has 152 valence electrons. The van der Waals surface area contributed by atoms with Crippen LogP contribution in [0.3, 0.4) is 0 Å². The van der Waals surface area contributed by atoms with Crippen molar-refractivity contribution >= 4 is 21.7 Å². The Labute approximate surface area is 176 Å². The maximum absolute atomic E-state index is 5.90. The fourth-order valence-electron chi connectivity index (χ4n) is 4.45. The van der Waals surface area contributed by atoms with Gasteiger partial charge in [-0.1, -0.05) is 30.3 Å². The summed E-state index contributed by atoms with van der Waals surface area (Å²) < 4.78 is 11.5. The zero-order valence-electron chi connectivity index (χ0n) is 17.7. The fourth-order valence-corrected chi connectivity index (χ4v) is 4.45. The predicted molar refractivity (Wildman–Crippen MR) is 122 cm³/mol. The fraction of sp³-hybridized carbons (Fsp3) is 0.269. The lowest BCUT2D eigenvalue weighted by molar-refractivity contribution is 0.230. The van der Waals surface area contributed by atoms with Gasteiger partial charge in [-0.15, -0.1) is 0 Å². The quantitative estimate of drug-likeness (QED) is 0.461. The summed E-state index contributed by atoms with van der Waals surface area (Å²) in [6.45, 7) is 5.85. The summed E-state index contributed by atoms with van der Waals surface area (Å²) in [6, 6.07) is 19.0. The average Bonchev–Trinajstić information content (AvgIpc) is 2.78. The third-order valence-electron chi connectivity index (χ3n) is 5.74. The van der Waals surface area contributed by atoms with E-state index in [-0.39, 0.29) is 6.10 Å². The van der Waals surface area contributed by atoms with Gasteiger partial charge < -0.3 is 14.8 Å². The van der Waals surface area contributed by atoms with E-state index in [1.54, 1.807) is 7.11 Å². The van der Waals surface area contributed by atoms with Crippen LogP contribution in [0.1, 0.15) is 25.0 Å². The SMILES string of the molecule is COc1cc(-c2nc3ccc4ccccc4c3c3c2CNCC3)ccc1OC(C)C. The molecule has 3 aromatic carbocycles. The molecule has 1 N–H and O–H groups in total. The highest BCUT2D eigenvalue weighted by molar-refractivity contribution is 6.09. The number of hydrogen-bond acceptors (Lipinski definition) is 4. The Bertz CT molecular complexity index is 1250. The number of methoxy groups -OCH3 is 1. The van der Waals surface area contributed by atoms with E-state index in [0.29, 0.717) is 0 Å². The van der Waals surface area contributed by atoms with Gasteiger partial charge in [0.15, 0.2) is 11.5 Å². The van der Waals surface area contributed by atoms with Crippen molar-refractivity contribution in [1.82, 2.24) is 10.3 Å². The van der Waals surface area contributed by atoms with Crippen molar-refractivity contribution in [2.75, 3.05) is 13.7 Å². The first kappa shape index (κ1) is 18.9. The number of pyridine rings is 1. The second-order valence-corrected chi connectivity index (χ2v) is 8.06. The van der Waals surface area contributed by atoms with E-state index in [4.69, 9.17) is 14.5 Å². The first-order valence-corrected chi connectivity index (χ1v) is 10.5. The molecule has 4 nitrogen and oxygen atoms in total. The maximum atomic E-state index is 5.90. The third-order valence-corrected chi connectivity index (χ3v) is 5.74. The van der Waals surface area contributed by atoms with Gasteiger partial charge in [-0.3, -0.25) is 0 Å². The number of nitrogens with one attached hydrogen (secondary N) is 1. The number of aromatic nitrogens is 1. The molecular weight excluding hydrogens is 372 g/mol. The first-order valence-electron chi connectivity index (χ1n) is 10.5. The zero-order valence-corrected chi connectivity index (χ0v) is 17.7. The van der Waals surface area contributed by atoms with Crippen LogP contribution in [0.2, 0.25) is 0 Å². The largest absolute Gasteiger partial charge is 0.493 e. The molecule has 0 unspecified atom stereocenters. The van der Waals surface area contributed by atoms with E-state index in [1.807, 2.05) is 26.0 Å². The van der Waals surface area contributed by atoms with Gasteiger partial charge in [-0.2, -0.15) is 0 Å². The highest BCUT2D eigenvalue weighted by Gasteiger charge is 2.21. The molecule has 1 aliphatic rings. The smallest absolute Gasteiger partial charge is 0.161 e. The molecule has 5 rings (SSSR count). The third kappa shape index (κ3) is 3.17. The van der Waals surface area contributed by atoms with Crippen molar-refractivity contribution in [2.45, 2.75) is 32.9 Å². The molecule has 1 aliphatic heterocycles. The van der Waals surface area contributed by atoms with Gasteiger partial charge in [0.25, 0.3) is 0 Å². The molecule has 2 heterocycles. The van der Waals surface area contributed by atoms with E-state index in [9.17, 15) is 0 Å². The molecule has 0 fully saturated rings. The molecule has 0 atom stereocenters. The minimum atomic E-state index is 0.0915. The van der Waals surface area contributed by atoms with Crippen LogP contribution in [0.25, 0.3) is 32.9 Å². The normalized spacial score (nSPS) is 13.6. The van der Waals surface area contributed by atoms with Crippen LogP contribution in [0, 0.1) is 0 Å². The van der Waals surface area contributed by atoms with E-state index >= 15 is 0 Å². The topological polar surface area (TPSA) is 43.4 Å². The Hall–Kier alpha value is -3.11. The average molecular weight is 399 g/mol. The molecule has 0 amide bonds. The second kappa shape index (κ2) is 7.62. The summed E-state index contributed by atoms with van der Waals surface area (Å²) in [5.41, 5.74) is 5.81. The standard InChI is InChI=1S/C26H26N2O2/c1-16(2)30-23-11-9-18(14-24(23)29-3)26-21-15-27-13-12-20(21)25-19-7-5-4-6-17(19)8-10-22(25)28-26/h4-11,14,16,27H,12-13,15H2,1-3H3. The molecular formula is C26H26N2O2. The van der Waals surface area contributed by atoms with Gasteiger partial charge in [0.1, 0.15) is 0 Å². The number of hydrogen-bond donors (Lipinski definition) is 1. The van der Waals surface area contributed by atoms with Gasteiger partial charge in [-0.25, -0.2) is 4.98 Å². The van der Waals surface area contributed by atoms with Crippen LogP contribution >= 0.6 is 0 Å². The Morgan fingerprint density at radius 3 is 2.67 bits per heavy atom. The second-order valence-electron chi connectivity index (χ2n) is 8.06. The van der Waals surface area contributed by atoms with Crippen LogP contribution in [-0.4, -0.2) is 24.7 Å². The molecule has 1 aromatic heterocycles. The van der Waals surface area contributed by atoms with Crippen LogP contribution in [0.15, 0.2) is 54.6 Å². The van der Waals surface area contributed by atoms with Crippen LogP contribution in [0.4, 0.5) is 0 Å². The van der Waals surface area contributed by atoms with E-state index < -0.39 is 0 Å². The van der Waals surface area contributed by atoms with Gasteiger partial charge >= 0.3 is 0 Å². The predicted octanol–water partition coefficient (Wildman–Crippen LogP) is 5.50. The number of fused-ring (bicyclic) bond motifs is 5. The van der Waals surface area contributed by atoms with Crippen molar-refractivity contribution in [2.24, 2.45) is 0 Å². The van der Waals surface area contributed by atoms with Crippen molar-refractivity contribution in [1.29, 1.82) is 0 Å². The zero-order chi connectivity index (χ0) is 20.7. The summed E-state index contributed by atoms with van der Waals surface area (Å²) >= 11 is 0. The minimum absolute atomic E-state index is 0.0915. The Balaban J connectivity index is 1.75. The van der Waals surface area contributed by atoms with E-state index in [1.165, 1.54) is 27.3 Å². The molecule has 0 radical (unpaired) electrons. The first-order chi connectivity index (χ1) is 14.7. The van der Waals surface area contributed by atoms with Crippen LogP contribution in [0.5, 0.6) is 11.5 Å². The van der Waals surface area contributed by atoms with E-state index in [2.05, 4.69) is 47.8 Å². The Kier molecular flexibility index (Phi) is 4.80. The summed E-state index contributed by atoms with van der Waals surface area (Å²) in [7, 11) is 1.68. The van der Waals surface area contributed by atoms with Crippen molar-refractivity contribution in [3.63, 3.8) is 0 Å². The monoisotopic (exact) mass is 398 g/mol. The lowest BCUT2D eigenvalue weighted by atomic mass is 9.90. The number of benzene rings is 3. The van der Waals surface area contributed by atoms with Gasteiger partial charge in [0, 0.05) is 17.5 Å². The molecule has 0 spiro atoms. The van der Waals surface area contributed by atoms with Gasteiger partial charge in [0.2, 0.25) is 0 Å². The van der Waals surface area contributed by atoms with Crippen molar-refractivity contribution < 1.29 is 9.47 Å². The molecule has 30 heavy (non-hydrogen) atoms. The lowest BCUT2D eigenvalue weighted by Gasteiger charge is -2.23. The molecule has 4 aromatic rings. The Morgan fingerprint density at radius 1 is 0.967 bits per heavy atom. The molecule has 0 saturated carbocycles. The van der Waals surface area contributed by atoms with Gasteiger partial charge in [-0.05, 0) is 73.0 Å². The molecule has 0 bridgehead atoms. The van der Waals surface area contributed by atoms with Crippen LogP contribution < -0.4 is 14.8 Å². The summed E-state index contributed by atoms with van der Waals surface area (Å²) in [6.07, 6.45) is 1.09. The summed E-state index contributed by atoms with van der Waals surface area (Å²) in [5.74, 6) is 1.49. The number of nitrogens with zero attached hydrogens (tertiary/aromatic N) is 1. The number of rotatable bonds is 4. The maximum Gasteiger partial charge on any atom is 0.161 e. The summed E-state index contributed by atoms with van der Waals surface area (Å²) in [5, 5.41) is 7.37. The minimum Gasteiger partial charge on any atom is -0.493 e. The number of ether oxygens (including phenoxy) is 2. The van der Waals surface area contributed by atoms with Crippen molar-refractivity contribution in [3.05, 3.63) is 65.7 Å². The van der Waals surface area contributed by atoms with Crippen molar-refractivity contribution in [3.8, 4) is 22.8 Å². The van der Waals surface area contributed by atoms with Gasteiger partial charge in [0.05, 0.1) is 24.4 Å². The molecule has 4 heteroatoms. The van der Waals surface area contributed by atoms with E-state index in [0.717, 1.165) is 47.8 Å². The summed E-state index contributed by atoms with van der Waals surface area (Å²) in [4.78, 5) is 5.14.